The van der Waals surface area contributed by atoms with Crippen LogP contribution < -0.4 is 10.6 Å². The number of carbonyl (C=O) groups excluding carboxylic acids is 2. The van der Waals surface area contributed by atoms with Gasteiger partial charge in [-0.15, -0.1) is 0 Å². The molecular formula is C23H30ClN3O2. The molecule has 2 N–H and O–H groups in total. The Balaban J connectivity index is 2.01. The van der Waals surface area contributed by atoms with Crippen molar-refractivity contribution in [3.05, 3.63) is 70.7 Å². The van der Waals surface area contributed by atoms with Crippen molar-refractivity contribution in [3.63, 3.8) is 0 Å². The van der Waals surface area contributed by atoms with E-state index in [0.29, 0.717) is 11.6 Å². The molecule has 0 unspecified atom stereocenters. The molecule has 0 saturated heterocycles. The Bertz CT molecular complexity index is 809. The first-order valence-electron chi connectivity index (χ1n) is 9.81. The van der Waals surface area contributed by atoms with Gasteiger partial charge in [0.15, 0.2) is 0 Å². The van der Waals surface area contributed by atoms with E-state index in [9.17, 15) is 9.59 Å². The van der Waals surface area contributed by atoms with E-state index in [0.717, 1.165) is 11.1 Å². The van der Waals surface area contributed by atoms with Gasteiger partial charge in [-0.2, -0.15) is 0 Å². The third-order valence-corrected chi connectivity index (χ3v) is 5.17. The highest BCUT2D eigenvalue weighted by Gasteiger charge is 2.26. The highest BCUT2D eigenvalue weighted by atomic mass is 35.5. The molecule has 2 aromatic rings. The maximum Gasteiger partial charge on any atom is 0.242 e. The fourth-order valence-electron chi connectivity index (χ4n) is 3.16. The number of rotatable bonds is 9. The summed E-state index contributed by atoms with van der Waals surface area (Å²) in [5.74, 6) is -0.395. The van der Waals surface area contributed by atoms with Crippen molar-refractivity contribution in [3.8, 4) is 0 Å². The van der Waals surface area contributed by atoms with Gasteiger partial charge in [0.1, 0.15) is 6.04 Å². The van der Waals surface area contributed by atoms with Gasteiger partial charge in [-0.25, -0.2) is 0 Å². The van der Waals surface area contributed by atoms with E-state index >= 15 is 0 Å². The second-order valence-electron chi connectivity index (χ2n) is 7.70. The fraction of sp³-hybridized carbons (Fsp3) is 0.391. The fourth-order valence-corrected chi connectivity index (χ4v) is 3.43. The van der Waals surface area contributed by atoms with Crippen LogP contribution in [-0.4, -0.2) is 43.4 Å². The number of amides is 2. The molecule has 0 aliphatic rings. The molecule has 0 aliphatic heterocycles. The monoisotopic (exact) mass is 415 g/mol. The molecule has 0 heterocycles. The Morgan fingerprint density at radius 2 is 1.62 bits per heavy atom. The predicted molar refractivity (Wildman–Crippen MR) is 118 cm³/mol. The molecule has 0 fully saturated rings. The smallest absolute Gasteiger partial charge is 0.242 e. The van der Waals surface area contributed by atoms with Gasteiger partial charge in [-0.1, -0.05) is 74.0 Å². The minimum atomic E-state index is -0.597. The maximum atomic E-state index is 12.8. The van der Waals surface area contributed by atoms with E-state index < -0.39 is 6.04 Å². The van der Waals surface area contributed by atoms with E-state index in [1.807, 2.05) is 87.4 Å². The van der Waals surface area contributed by atoms with Crippen LogP contribution in [0.25, 0.3) is 0 Å². The van der Waals surface area contributed by atoms with E-state index in [1.165, 1.54) is 0 Å². The average molecular weight is 416 g/mol. The first kappa shape index (κ1) is 22.9. The van der Waals surface area contributed by atoms with Crippen LogP contribution >= 0.6 is 11.6 Å². The Kier molecular flexibility index (Phi) is 8.68. The van der Waals surface area contributed by atoms with Gasteiger partial charge in [-0.05, 0) is 37.2 Å². The number of carbonyl (C=O) groups is 2. The summed E-state index contributed by atoms with van der Waals surface area (Å²) >= 11 is 6.34. The highest BCUT2D eigenvalue weighted by Crippen LogP contribution is 2.25. The average Bonchev–Trinajstić information content (AvgIpc) is 2.67. The van der Waals surface area contributed by atoms with Crippen molar-refractivity contribution in [2.75, 3.05) is 20.6 Å². The van der Waals surface area contributed by atoms with Crippen molar-refractivity contribution >= 4 is 23.4 Å². The van der Waals surface area contributed by atoms with Gasteiger partial charge in [-0.3, -0.25) is 9.59 Å². The van der Waals surface area contributed by atoms with Crippen LogP contribution in [0.3, 0.4) is 0 Å². The molecule has 156 valence electrons. The number of nitrogens with zero attached hydrogens (tertiary/aromatic N) is 1. The number of likely N-dealkylation sites (N-methyl/N-ethyl adjacent to an activating group) is 1. The second-order valence-corrected chi connectivity index (χ2v) is 8.10. The van der Waals surface area contributed by atoms with Crippen LogP contribution in [0.1, 0.15) is 31.0 Å². The molecule has 0 saturated carbocycles. The summed E-state index contributed by atoms with van der Waals surface area (Å²) in [7, 11) is 3.89. The zero-order chi connectivity index (χ0) is 21.4. The molecule has 5 nitrogen and oxygen atoms in total. The third-order valence-electron chi connectivity index (χ3n) is 4.83. The van der Waals surface area contributed by atoms with Gasteiger partial charge in [0, 0.05) is 11.6 Å². The lowest BCUT2D eigenvalue weighted by Crippen LogP contribution is -2.51. The summed E-state index contributed by atoms with van der Waals surface area (Å²) in [5, 5.41) is 6.53. The number of hydrogen-bond donors (Lipinski definition) is 2. The van der Waals surface area contributed by atoms with E-state index in [4.69, 9.17) is 11.6 Å². The summed E-state index contributed by atoms with van der Waals surface area (Å²) in [6.07, 6.45) is 0.247. The van der Waals surface area contributed by atoms with Crippen molar-refractivity contribution in [2.45, 2.75) is 32.4 Å². The Morgan fingerprint density at radius 1 is 1.00 bits per heavy atom. The SMILES string of the molecule is CC(C)[C@H](NC(=O)Cc1ccccc1)C(=O)NC[C@H](c1ccccc1Cl)N(C)C. The lowest BCUT2D eigenvalue weighted by atomic mass is 10.0. The predicted octanol–water partition coefficient (Wildman–Crippen LogP) is 3.44. The van der Waals surface area contributed by atoms with Gasteiger partial charge in [0.05, 0.1) is 12.5 Å². The first-order chi connectivity index (χ1) is 13.8. The van der Waals surface area contributed by atoms with Gasteiger partial charge < -0.3 is 15.5 Å². The highest BCUT2D eigenvalue weighted by molar-refractivity contribution is 6.31. The standard InChI is InChI=1S/C23H30ClN3O2/c1-16(2)22(26-21(28)14-17-10-6-5-7-11-17)23(29)25-15-20(27(3)4)18-12-8-9-13-19(18)24/h5-13,16,20,22H,14-15H2,1-4H3,(H,25,29)(H,26,28)/t20-,22+/m1/s1. The molecule has 0 spiro atoms. The minimum Gasteiger partial charge on any atom is -0.352 e. The molecule has 0 radical (unpaired) electrons. The topological polar surface area (TPSA) is 61.4 Å². The van der Waals surface area contributed by atoms with E-state index in [-0.39, 0.29) is 30.2 Å². The minimum absolute atomic E-state index is 0.0344. The lowest BCUT2D eigenvalue weighted by Gasteiger charge is -2.28. The molecule has 2 atom stereocenters. The molecule has 0 aliphatic carbocycles. The number of hydrogen-bond acceptors (Lipinski definition) is 3. The summed E-state index contributed by atoms with van der Waals surface area (Å²) in [6, 6.07) is 16.4. The third kappa shape index (κ3) is 6.87. The molecule has 2 amide bonds. The summed E-state index contributed by atoms with van der Waals surface area (Å²) in [4.78, 5) is 27.3. The van der Waals surface area contributed by atoms with Crippen molar-refractivity contribution < 1.29 is 9.59 Å². The lowest BCUT2D eigenvalue weighted by molar-refractivity contribution is -0.129. The van der Waals surface area contributed by atoms with Gasteiger partial charge >= 0.3 is 0 Å². The van der Waals surface area contributed by atoms with E-state index in [1.54, 1.807) is 0 Å². The first-order valence-corrected chi connectivity index (χ1v) is 10.2. The van der Waals surface area contributed by atoms with Crippen molar-refractivity contribution in [1.82, 2.24) is 15.5 Å². The number of nitrogens with one attached hydrogen (secondary N) is 2. The Labute approximate surface area is 178 Å². The zero-order valence-electron chi connectivity index (χ0n) is 17.5. The van der Waals surface area contributed by atoms with Crippen LogP contribution in [0.15, 0.2) is 54.6 Å². The molecule has 0 bridgehead atoms. The quantitative estimate of drug-likeness (QED) is 0.659. The number of halogens is 1. The molecule has 6 heteroatoms. The largest absolute Gasteiger partial charge is 0.352 e. The zero-order valence-corrected chi connectivity index (χ0v) is 18.2. The van der Waals surface area contributed by atoms with Crippen molar-refractivity contribution in [2.24, 2.45) is 5.92 Å². The summed E-state index contributed by atoms with van der Waals surface area (Å²) in [5.41, 5.74) is 1.87. The van der Waals surface area contributed by atoms with Crippen LogP contribution in [0, 0.1) is 5.92 Å². The van der Waals surface area contributed by atoms with Crippen molar-refractivity contribution in [1.29, 1.82) is 0 Å². The summed E-state index contributed by atoms with van der Waals surface area (Å²) in [6.45, 7) is 4.24. The van der Waals surface area contributed by atoms with Gasteiger partial charge in [0.2, 0.25) is 11.8 Å². The van der Waals surface area contributed by atoms with E-state index in [2.05, 4.69) is 10.6 Å². The molecule has 29 heavy (non-hydrogen) atoms. The molecule has 2 rings (SSSR count). The Morgan fingerprint density at radius 3 is 2.21 bits per heavy atom. The normalized spacial score (nSPS) is 13.2. The van der Waals surface area contributed by atoms with Crippen LogP contribution in [0.4, 0.5) is 0 Å². The molecule has 0 aromatic heterocycles. The second kappa shape index (κ2) is 11.0. The van der Waals surface area contributed by atoms with Crippen LogP contribution in [0.5, 0.6) is 0 Å². The maximum absolute atomic E-state index is 12.8. The number of benzene rings is 2. The molecular weight excluding hydrogens is 386 g/mol. The van der Waals surface area contributed by atoms with Crippen LogP contribution in [0.2, 0.25) is 5.02 Å². The van der Waals surface area contributed by atoms with Crippen LogP contribution in [-0.2, 0) is 16.0 Å². The van der Waals surface area contributed by atoms with Gasteiger partial charge in [0.25, 0.3) is 0 Å². The Hall–Kier alpha value is -2.37. The summed E-state index contributed by atoms with van der Waals surface area (Å²) < 4.78 is 0. The molecule has 2 aromatic carbocycles.